The van der Waals surface area contributed by atoms with Crippen molar-refractivity contribution in [2.75, 3.05) is 25.0 Å². The van der Waals surface area contributed by atoms with E-state index in [-0.39, 0.29) is 23.8 Å². The van der Waals surface area contributed by atoms with E-state index in [9.17, 15) is 9.59 Å². The van der Waals surface area contributed by atoms with Gasteiger partial charge in [-0.15, -0.1) is 0 Å². The third-order valence-corrected chi connectivity index (χ3v) is 5.17. The molecule has 0 saturated carbocycles. The van der Waals surface area contributed by atoms with E-state index in [1.807, 2.05) is 19.1 Å². The van der Waals surface area contributed by atoms with E-state index in [2.05, 4.69) is 29.4 Å². The molecule has 1 unspecified atom stereocenters. The SMILES string of the molecule is CC(C)C(C)NC(=O)C1CCN(CC(=O)Nc2ccccc2Cl)CC1. The number of rotatable bonds is 6. The molecule has 1 aliphatic heterocycles. The van der Waals surface area contributed by atoms with E-state index in [0.717, 1.165) is 25.9 Å². The molecule has 1 aromatic rings. The zero-order chi connectivity index (χ0) is 18.4. The number of hydrogen-bond donors (Lipinski definition) is 2. The summed E-state index contributed by atoms with van der Waals surface area (Å²) >= 11 is 6.06. The molecule has 1 heterocycles. The minimum Gasteiger partial charge on any atom is -0.353 e. The number of halogens is 1. The first-order valence-electron chi connectivity index (χ1n) is 8.94. The molecule has 0 aromatic heterocycles. The number of anilines is 1. The van der Waals surface area contributed by atoms with Crippen LogP contribution in [0.4, 0.5) is 5.69 Å². The molecule has 0 radical (unpaired) electrons. The Kier molecular flexibility index (Phi) is 7.26. The molecule has 1 saturated heterocycles. The Morgan fingerprint density at radius 2 is 1.84 bits per heavy atom. The fourth-order valence-electron chi connectivity index (χ4n) is 2.82. The molecule has 0 spiro atoms. The highest BCUT2D eigenvalue weighted by molar-refractivity contribution is 6.33. The van der Waals surface area contributed by atoms with Crippen LogP contribution >= 0.6 is 11.6 Å². The summed E-state index contributed by atoms with van der Waals surface area (Å²) in [7, 11) is 0. The molecule has 1 fully saturated rings. The molecule has 0 bridgehead atoms. The topological polar surface area (TPSA) is 61.4 Å². The molecule has 5 nitrogen and oxygen atoms in total. The van der Waals surface area contributed by atoms with Gasteiger partial charge in [0.05, 0.1) is 17.3 Å². The Bertz CT molecular complexity index is 598. The Morgan fingerprint density at radius 3 is 2.44 bits per heavy atom. The van der Waals surface area contributed by atoms with Gasteiger partial charge in [-0.25, -0.2) is 0 Å². The summed E-state index contributed by atoms with van der Waals surface area (Å²) < 4.78 is 0. The number of benzene rings is 1. The standard InChI is InChI=1S/C19H28ClN3O2/c1-13(2)14(3)21-19(25)15-8-10-23(11-9-15)12-18(24)22-17-7-5-4-6-16(17)20/h4-7,13-15H,8-12H2,1-3H3,(H,21,25)(H,22,24). The maximum Gasteiger partial charge on any atom is 0.238 e. The van der Waals surface area contributed by atoms with Crippen LogP contribution in [-0.4, -0.2) is 42.4 Å². The highest BCUT2D eigenvalue weighted by atomic mass is 35.5. The van der Waals surface area contributed by atoms with Crippen LogP contribution in [0.25, 0.3) is 0 Å². The Hall–Kier alpha value is -1.59. The van der Waals surface area contributed by atoms with Crippen LogP contribution in [0.15, 0.2) is 24.3 Å². The third kappa shape index (κ3) is 6.01. The van der Waals surface area contributed by atoms with E-state index in [1.165, 1.54) is 0 Å². The summed E-state index contributed by atoms with van der Waals surface area (Å²) in [5.41, 5.74) is 0.631. The van der Waals surface area contributed by atoms with Crippen molar-refractivity contribution in [1.82, 2.24) is 10.2 Å². The zero-order valence-corrected chi connectivity index (χ0v) is 16.0. The van der Waals surface area contributed by atoms with Gasteiger partial charge >= 0.3 is 0 Å². The Labute approximate surface area is 155 Å². The second kappa shape index (κ2) is 9.20. The number of amides is 2. The van der Waals surface area contributed by atoms with Gasteiger partial charge in [-0.1, -0.05) is 37.6 Å². The van der Waals surface area contributed by atoms with Crippen LogP contribution in [0.2, 0.25) is 5.02 Å². The quantitative estimate of drug-likeness (QED) is 0.814. The van der Waals surface area contributed by atoms with Gasteiger partial charge in [0, 0.05) is 12.0 Å². The van der Waals surface area contributed by atoms with Crippen LogP contribution in [0, 0.1) is 11.8 Å². The minimum atomic E-state index is -0.0792. The van der Waals surface area contributed by atoms with E-state index in [4.69, 9.17) is 11.6 Å². The molecule has 6 heteroatoms. The summed E-state index contributed by atoms with van der Waals surface area (Å²) in [4.78, 5) is 26.6. The molecule has 1 aliphatic rings. The molecule has 2 N–H and O–H groups in total. The number of hydrogen-bond acceptors (Lipinski definition) is 3. The second-order valence-corrected chi connectivity index (χ2v) is 7.53. The lowest BCUT2D eigenvalue weighted by Crippen LogP contribution is -2.45. The Morgan fingerprint density at radius 1 is 1.20 bits per heavy atom. The Balaban J connectivity index is 1.75. The average Bonchev–Trinajstić information content (AvgIpc) is 2.57. The van der Waals surface area contributed by atoms with Crippen molar-refractivity contribution < 1.29 is 9.59 Å². The lowest BCUT2D eigenvalue weighted by Gasteiger charge is -2.31. The molecular formula is C19H28ClN3O2. The van der Waals surface area contributed by atoms with Crippen molar-refractivity contribution in [3.05, 3.63) is 29.3 Å². The van der Waals surface area contributed by atoms with Crippen molar-refractivity contribution >= 4 is 29.1 Å². The minimum absolute atomic E-state index is 0.0454. The summed E-state index contributed by atoms with van der Waals surface area (Å²) in [5.74, 6) is 0.535. The molecule has 2 amide bonds. The summed E-state index contributed by atoms with van der Waals surface area (Å²) in [5, 5.41) is 6.46. The summed E-state index contributed by atoms with van der Waals surface area (Å²) in [6.07, 6.45) is 1.58. The first-order valence-corrected chi connectivity index (χ1v) is 9.31. The van der Waals surface area contributed by atoms with Gasteiger partial charge in [0.1, 0.15) is 0 Å². The van der Waals surface area contributed by atoms with Crippen LogP contribution in [0.1, 0.15) is 33.6 Å². The first-order chi connectivity index (χ1) is 11.9. The average molecular weight is 366 g/mol. The van der Waals surface area contributed by atoms with E-state index in [0.29, 0.717) is 23.2 Å². The number of para-hydroxylation sites is 1. The monoisotopic (exact) mass is 365 g/mol. The molecule has 0 aliphatic carbocycles. The van der Waals surface area contributed by atoms with E-state index in [1.54, 1.807) is 12.1 Å². The van der Waals surface area contributed by atoms with E-state index < -0.39 is 0 Å². The lowest BCUT2D eigenvalue weighted by atomic mass is 9.95. The first kappa shape index (κ1) is 19.7. The number of piperidine rings is 1. The lowest BCUT2D eigenvalue weighted by molar-refractivity contribution is -0.127. The predicted molar refractivity (Wildman–Crippen MR) is 102 cm³/mol. The number of nitrogens with zero attached hydrogens (tertiary/aromatic N) is 1. The number of likely N-dealkylation sites (tertiary alicyclic amines) is 1. The molecule has 1 aromatic carbocycles. The van der Waals surface area contributed by atoms with E-state index >= 15 is 0 Å². The van der Waals surface area contributed by atoms with Crippen molar-refractivity contribution in [1.29, 1.82) is 0 Å². The normalized spacial score (nSPS) is 17.3. The molecular weight excluding hydrogens is 338 g/mol. The fraction of sp³-hybridized carbons (Fsp3) is 0.579. The molecule has 1 atom stereocenters. The van der Waals surface area contributed by atoms with Crippen molar-refractivity contribution in [3.8, 4) is 0 Å². The maximum atomic E-state index is 12.3. The van der Waals surface area contributed by atoms with Crippen molar-refractivity contribution in [3.63, 3.8) is 0 Å². The fourth-order valence-corrected chi connectivity index (χ4v) is 3.00. The smallest absolute Gasteiger partial charge is 0.238 e. The van der Waals surface area contributed by atoms with Crippen LogP contribution < -0.4 is 10.6 Å². The largest absolute Gasteiger partial charge is 0.353 e. The number of carbonyl (C=O) groups is 2. The van der Waals surface area contributed by atoms with Gasteiger partial charge in [0.2, 0.25) is 11.8 Å². The molecule has 138 valence electrons. The van der Waals surface area contributed by atoms with Gasteiger partial charge in [0.15, 0.2) is 0 Å². The number of nitrogens with one attached hydrogen (secondary N) is 2. The van der Waals surface area contributed by atoms with Gasteiger partial charge < -0.3 is 10.6 Å². The zero-order valence-electron chi connectivity index (χ0n) is 15.2. The van der Waals surface area contributed by atoms with Crippen LogP contribution in [0.3, 0.4) is 0 Å². The van der Waals surface area contributed by atoms with Crippen LogP contribution in [-0.2, 0) is 9.59 Å². The third-order valence-electron chi connectivity index (χ3n) is 4.84. The molecule has 2 rings (SSSR count). The van der Waals surface area contributed by atoms with Crippen molar-refractivity contribution in [2.45, 2.75) is 39.7 Å². The number of carbonyl (C=O) groups excluding carboxylic acids is 2. The van der Waals surface area contributed by atoms with Gasteiger partial charge in [-0.2, -0.15) is 0 Å². The maximum absolute atomic E-state index is 12.3. The second-order valence-electron chi connectivity index (χ2n) is 7.12. The van der Waals surface area contributed by atoms with Crippen LogP contribution in [0.5, 0.6) is 0 Å². The summed E-state index contributed by atoms with van der Waals surface area (Å²) in [6, 6.07) is 7.39. The van der Waals surface area contributed by atoms with Gasteiger partial charge in [0.25, 0.3) is 0 Å². The highest BCUT2D eigenvalue weighted by Gasteiger charge is 2.27. The summed E-state index contributed by atoms with van der Waals surface area (Å²) in [6.45, 7) is 8.07. The highest BCUT2D eigenvalue weighted by Crippen LogP contribution is 2.21. The predicted octanol–water partition coefficient (Wildman–Crippen LogP) is 3.15. The molecule has 25 heavy (non-hydrogen) atoms. The van der Waals surface area contributed by atoms with Crippen molar-refractivity contribution in [2.24, 2.45) is 11.8 Å². The van der Waals surface area contributed by atoms with Gasteiger partial charge in [-0.05, 0) is 50.9 Å². The van der Waals surface area contributed by atoms with Gasteiger partial charge in [-0.3, -0.25) is 14.5 Å².